The number of aryl methyl sites for hydroxylation is 1. The molecule has 3 rings (SSSR count). The van der Waals surface area contributed by atoms with E-state index in [0.717, 1.165) is 36.4 Å². The number of hydrogen-bond acceptors (Lipinski definition) is 3. The van der Waals surface area contributed by atoms with Gasteiger partial charge in [0.25, 0.3) is 0 Å². The van der Waals surface area contributed by atoms with E-state index in [9.17, 15) is 9.59 Å². The van der Waals surface area contributed by atoms with Crippen LogP contribution in [0.4, 0.5) is 16.2 Å². The molecule has 1 fully saturated rings. The number of nitrogens with zero attached hydrogens (tertiary/aromatic N) is 1. The highest BCUT2D eigenvalue weighted by molar-refractivity contribution is 5.97. The number of rotatable bonds is 8. The summed E-state index contributed by atoms with van der Waals surface area (Å²) in [6, 6.07) is 14.8. The Hall–Kier alpha value is -3.02. The molecule has 0 aliphatic carbocycles. The third kappa shape index (κ3) is 5.73. The van der Waals surface area contributed by atoms with Crippen molar-refractivity contribution in [2.75, 3.05) is 23.4 Å². The highest BCUT2D eigenvalue weighted by Crippen LogP contribution is 2.24. The normalized spacial score (nSPS) is 16.0. The Morgan fingerprint density at radius 1 is 1.10 bits per heavy atom. The third-order valence-electron chi connectivity index (χ3n) is 4.95. The van der Waals surface area contributed by atoms with Gasteiger partial charge in [-0.3, -0.25) is 4.79 Å². The lowest BCUT2D eigenvalue weighted by molar-refractivity contribution is -0.117. The minimum atomic E-state index is -0.294. The Labute approximate surface area is 172 Å². The summed E-state index contributed by atoms with van der Waals surface area (Å²) in [4.78, 5) is 26.4. The highest BCUT2D eigenvalue weighted by atomic mass is 16.5. The maximum absolute atomic E-state index is 12.4. The molecule has 1 unspecified atom stereocenters. The predicted octanol–water partition coefficient (Wildman–Crippen LogP) is 4.35. The van der Waals surface area contributed by atoms with Gasteiger partial charge in [-0.25, -0.2) is 4.79 Å². The van der Waals surface area contributed by atoms with Crippen LogP contribution >= 0.6 is 0 Å². The minimum absolute atomic E-state index is 0.000244. The molecule has 6 nitrogen and oxygen atoms in total. The standard InChI is InChI=1S/C23H29N3O3/c1-3-5-6-17-7-9-18(10-8-17)24-23(28)25-19-15-22(27)26(16-19)20-11-13-21(14-12-20)29-4-2/h7-14,19H,3-6,15-16H2,1-2H3,(H2,24,25,28). The van der Waals surface area contributed by atoms with Crippen LogP contribution in [0.5, 0.6) is 5.75 Å². The van der Waals surface area contributed by atoms with Crippen molar-refractivity contribution in [2.24, 2.45) is 0 Å². The maximum Gasteiger partial charge on any atom is 0.319 e. The first-order chi connectivity index (χ1) is 14.1. The van der Waals surface area contributed by atoms with Gasteiger partial charge in [0.1, 0.15) is 5.75 Å². The van der Waals surface area contributed by atoms with Crippen molar-refractivity contribution in [3.05, 3.63) is 54.1 Å². The Morgan fingerprint density at radius 2 is 1.83 bits per heavy atom. The number of carbonyl (C=O) groups excluding carboxylic acids is 2. The van der Waals surface area contributed by atoms with Gasteiger partial charge in [0.15, 0.2) is 0 Å². The van der Waals surface area contributed by atoms with E-state index in [1.165, 1.54) is 5.56 Å². The first kappa shape index (κ1) is 20.7. The lowest BCUT2D eigenvalue weighted by Gasteiger charge is -2.18. The number of carbonyl (C=O) groups is 2. The number of amides is 3. The first-order valence-corrected chi connectivity index (χ1v) is 10.3. The van der Waals surface area contributed by atoms with E-state index in [4.69, 9.17) is 4.74 Å². The summed E-state index contributed by atoms with van der Waals surface area (Å²) in [6.45, 7) is 5.16. The van der Waals surface area contributed by atoms with Crippen molar-refractivity contribution in [1.82, 2.24) is 5.32 Å². The topological polar surface area (TPSA) is 70.7 Å². The van der Waals surface area contributed by atoms with E-state index in [1.807, 2.05) is 55.5 Å². The molecule has 0 aromatic heterocycles. The van der Waals surface area contributed by atoms with E-state index in [-0.39, 0.29) is 24.4 Å². The molecule has 0 radical (unpaired) electrons. The molecule has 1 atom stereocenters. The smallest absolute Gasteiger partial charge is 0.319 e. The lowest BCUT2D eigenvalue weighted by Crippen LogP contribution is -2.39. The second kappa shape index (κ2) is 9.96. The molecule has 154 valence electrons. The van der Waals surface area contributed by atoms with Gasteiger partial charge in [0, 0.05) is 24.3 Å². The third-order valence-corrected chi connectivity index (χ3v) is 4.95. The number of benzene rings is 2. The van der Waals surface area contributed by atoms with Gasteiger partial charge in [-0.15, -0.1) is 0 Å². The average molecular weight is 396 g/mol. The van der Waals surface area contributed by atoms with Crippen molar-refractivity contribution in [1.29, 1.82) is 0 Å². The van der Waals surface area contributed by atoms with E-state index in [0.29, 0.717) is 13.2 Å². The summed E-state index contributed by atoms with van der Waals surface area (Å²) in [5.74, 6) is 0.775. The van der Waals surface area contributed by atoms with Gasteiger partial charge in [-0.1, -0.05) is 25.5 Å². The van der Waals surface area contributed by atoms with Crippen LogP contribution in [-0.4, -0.2) is 31.1 Å². The van der Waals surface area contributed by atoms with Gasteiger partial charge in [-0.2, -0.15) is 0 Å². The van der Waals surface area contributed by atoms with Crippen LogP contribution in [0.15, 0.2) is 48.5 Å². The number of ether oxygens (including phenoxy) is 1. The zero-order chi connectivity index (χ0) is 20.6. The van der Waals surface area contributed by atoms with Gasteiger partial charge < -0.3 is 20.3 Å². The summed E-state index contributed by atoms with van der Waals surface area (Å²) in [5.41, 5.74) is 2.83. The van der Waals surface area contributed by atoms with Crippen molar-refractivity contribution in [3.8, 4) is 5.75 Å². The fraction of sp³-hybridized carbons (Fsp3) is 0.391. The average Bonchev–Trinajstić information content (AvgIpc) is 3.08. The molecule has 0 spiro atoms. The quantitative estimate of drug-likeness (QED) is 0.698. The van der Waals surface area contributed by atoms with Gasteiger partial charge in [0.2, 0.25) is 5.91 Å². The Balaban J connectivity index is 1.51. The van der Waals surface area contributed by atoms with Crippen LogP contribution in [-0.2, 0) is 11.2 Å². The van der Waals surface area contributed by atoms with Gasteiger partial charge >= 0.3 is 6.03 Å². The van der Waals surface area contributed by atoms with Crippen LogP contribution in [0.1, 0.15) is 38.7 Å². The Kier molecular flexibility index (Phi) is 7.11. The molecule has 1 heterocycles. The fourth-order valence-corrected chi connectivity index (χ4v) is 3.43. The Bertz CT molecular complexity index is 818. The van der Waals surface area contributed by atoms with Crippen LogP contribution < -0.4 is 20.3 Å². The summed E-state index contributed by atoms with van der Waals surface area (Å²) < 4.78 is 5.44. The zero-order valence-corrected chi connectivity index (χ0v) is 17.1. The molecule has 2 aromatic rings. The van der Waals surface area contributed by atoms with Crippen molar-refractivity contribution in [3.63, 3.8) is 0 Å². The van der Waals surface area contributed by atoms with Crippen LogP contribution in [0.25, 0.3) is 0 Å². The lowest BCUT2D eigenvalue weighted by atomic mass is 10.1. The molecule has 1 aliphatic rings. The van der Waals surface area contributed by atoms with Crippen LogP contribution in [0, 0.1) is 0 Å². The predicted molar refractivity (Wildman–Crippen MR) is 116 cm³/mol. The molecule has 0 bridgehead atoms. The maximum atomic E-state index is 12.4. The van der Waals surface area contributed by atoms with Crippen molar-refractivity contribution >= 4 is 23.3 Å². The number of urea groups is 1. The van der Waals surface area contributed by atoms with Crippen LogP contribution in [0.2, 0.25) is 0 Å². The molecule has 2 N–H and O–H groups in total. The second-order valence-electron chi connectivity index (χ2n) is 7.23. The van der Waals surface area contributed by atoms with Crippen molar-refractivity contribution < 1.29 is 14.3 Å². The molecule has 0 saturated carbocycles. The van der Waals surface area contributed by atoms with Gasteiger partial charge in [0.05, 0.1) is 12.6 Å². The van der Waals surface area contributed by atoms with Gasteiger partial charge in [-0.05, 0) is 61.7 Å². The van der Waals surface area contributed by atoms with E-state index < -0.39 is 0 Å². The fourth-order valence-electron chi connectivity index (χ4n) is 3.43. The molecular weight excluding hydrogens is 366 g/mol. The SMILES string of the molecule is CCCCc1ccc(NC(=O)NC2CC(=O)N(c3ccc(OCC)cc3)C2)cc1. The Morgan fingerprint density at radius 3 is 2.48 bits per heavy atom. The number of unbranched alkanes of at least 4 members (excludes halogenated alkanes) is 1. The molecular formula is C23H29N3O3. The first-order valence-electron chi connectivity index (χ1n) is 10.3. The largest absolute Gasteiger partial charge is 0.494 e. The van der Waals surface area contributed by atoms with E-state index in [1.54, 1.807) is 4.90 Å². The molecule has 6 heteroatoms. The van der Waals surface area contributed by atoms with E-state index >= 15 is 0 Å². The molecule has 2 aromatic carbocycles. The summed E-state index contributed by atoms with van der Waals surface area (Å²) in [5, 5.41) is 5.75. The molecule has 3 amide bonds. The molecule has 29 heavy (non-hydrogen) atoms. The number of anilines is 2. The zero-order valence-electron chi connectivity index (χ0n) is 17.1. The second-order valence-corrected chi connectivity index (χ2v) is 7.23. The van der Waals surface area contributed by atoms with E-state index in [2.05, 4.69) is 17.6 Å². The highest BCUT2D eigenvalue weighted by Gasteiger charge is 2.31. The van der Waals surface area contributed by atoms with Crippen LogP contribution in [0.3, 0.4) is 0 Å². The molecule has 1 aliphatic heterocycles. The minimum Gasteiger partial charge on any atom is -0.494 e. The summed E-state index contributed by atoms with van der Waals surface area (Å²) in [6.07, 6.45) is 3.66. The number of nitrogens with one attached hydrogen (secondary N) is 2. The monoisotopic (exact) mass is 395 g/mol. The summed E-state index contributed by atoms with van der Waals surface area (Å²) in [7, 11) is 0. The number of hydrogen-bond donors (Lipinski definition) is 2. The summed E-state index contributed by atoms with van der Waals surface area (Å²) >= 11 is 0. The molecule has 1 saturated heterocycles. The van der Waals surface area contributed by atoms with Crippen molar-refractivity contribution in [2.45, 2.75) is 45.6 Å².